The topological polar surface area (TPSA) is 26.0 Å². The van der Waals surface area contributed by atoms with E-state index >= 15 is 0 Å². The fourth-order valence-electron chi connectivity index (χ4n) is 1.05. The van der Waals surface area contributed by atoms with Crippen molar-refractivity contribution in [3.05, 3.63) is 29.8 Å². The number of rotatable bonds is 3. The van der Waals surface area contributed by atoms with Gasteiger partial charge in [0.25, 0.3) is 0 Å². The third kappa shape index (κ3) is 3.87. The molecule has 2 N–H and O–H groups in total. The Hall–Kier alpha value is -1.12. The van der Waals surface area contributed by atoms with E-state index in [0.29, 0.717) is 12.1 Å². The van der Waals surface area contributed by atoms with Gasteiger partial charge in [-0.3, -0.25) is 0 Å². The summed E-state index contributed by atoms with van der Waals surface area (Å²) in [6.07, 6.45) is 0.278. The van der Waals surface area contributed by atoms with Crippen molar-refractivity contribution in [1.82, 2.24) is 0 Å². The molecule has 0 saturated heterocycles. The molecule has 0 aliphatic heterocycles. The molecule has 0 bridgehead atoms. The van der Waals surface area contributed by atoms with Crippen LogP contribution in [0.1, 0.15) is 18.9 Å². The van der Waals surface area contributed by atoms with Crippen LogP contribution < -0.4 is 5.73 Å². The molecule has 3 heteroatoms. The predicted octanol–water partition coefficient (Wildman–Crippen LogP) is 2.86. The van der Waals surface area contributed by atoms with E-state index in [2.05, 4.69) is 0 Å². The molecule has 0 radical (unpaired) electrons. The van der Waals surface area contributed by atoms with E-state index in [1.807, 2.05) is 0 Å². The summed E-state index contributed by atoms with van der Waals surface area (Å²) in [7, 11) is 0. The average molecular weight is 185 g/mol. The molecule has 1 rings (SSSR count). The van der Waals surface area contributed by atoms with Crippen LogP contribution >= 0.6 is 0 Å². The molecular formula is C10H13F2N. The number of anilines is 1. The van der Waals surface area contributed by atoms with Crippen molar-refractivity contribution in [2.45, 2.75) is 25.7 Å². The van der Waals surface area contributed by atoms with Crippen molar-refractivity contribution in [3.8, 4) is 0 Å². The van der Waals surface area contributed by atoms with Crippen LogP contribution in [0.5, 0.6) is 0 Å². The Kier molecular flexibility index (Phi) is 2.86. The maximum absolute atomic E-state index is 12.5. The number of halogens is 2. The first-order chi connectivity index (χ1) is 5.97. The van der Waals surface area contributed by atoms with Gasteiger partial charge in [0.15, 0.2) is 0 Å². The number of alkyl halides is 2. The summed E-state index contributed by atoms with van der Waals surface area (Å²) in [6, 6.07) is 7.01. The summed E-state index contributed by atoms with van der Waals surface area (Å²) >= 11 is 0. The zero-order valence-electron chi connectivity index (χ0n) is 7.56. The van der Waals surface area contributed by atoms with Gasteiger partial charge in [0, 0.05) is 12.1 Å². The molecule has 0 aliphatic carbocycles. The molecule has 1 aromatic carbocycles. The Labute approximate surface area is 76.6 Å². The summed E-state index contributed by atoms with van der Waals surface area (Å²) in [4.78, 5) is 0. The molecule has 0 amide bonds. The minimum absolute atomic E-state index is 0.114. The lowest BCUT2D eigenvalue weighted by Crippen LogP contribution is -2.10. The number of hydrogen-bond acceptors (Lipinski definition) is 1. The fourth-order valence-corrected chi connectivity index (χ4v) is 1.05. The number of benzene rings is 1. The smallest absolute Gasteiger partial charge is 0.245 e. The summed E-state index contributed by atoms with van der Waals surface area (Å²) in [6.45, 7) is 0.935. The first-order valence-corrected chi connectivity index (χ1v) is 4.20. The minimum atomic E-state index is -2.58. The SMILES string of the molecule is CC(F)(F)CCc1ccc(N)cc1. The largest absolute Gasteiger partial charge is 0.399 e. The number of nitrogen functional groups attached to an aromatic ring is 1. The van der Waals surface area contributed by atoms with E-state index in [-0.39, 0.29) is 6.42 Å². The Morgan fingerprint density at radius 3 is 2.23 bits per heavy atom. The van der Waals surface area contributed by atoms with Crippen molar-refractivity contribution >= 4 is 5.69 Å². The maximum atomic E-state index is 12.5. The van der Waals surface area contributed by atoms with E-state index in [9.17, 15) is 8.78 Å². The van der Waals surface area contributed by atoms with Gasteiger partial charge in [-0.25, -0.2) is 8.78 Å². The second-order valence-corrected chi connectivity index (χ2v) is 3.31. The molecule has 72 valence electrons. The fraction of sp³-hybridized carbons (Fsp3) is 0.400. The quantitative estimate of drug-likeness (QED) is 0.720. The molecule has 0 saturated carbocycles. The molecule has 0 atom stereocenters. The molecule has 0 heterocycles. The molecule has 0 aromatic heterocycles. The van der Waals surface area contributed by atoms with E-state index < -0.39 is 5.92 Å². The molecule has 0 unspecified atom stereocenters. The average Bonchev–Trinajstić information content (AvgIpc) is 2.02. The predicted molar refractivity (Wildman–Crippen MR) is 49.8 cm³/mol. The number of aryl methyl sites for hydroxylation is 1. The van der Waals surface area contributed by atoms with Crippen LogP contribution in [0.4, 0.5) is 14.5 Å². The van der Waals surface area contributed by atoms with E-state index in [0.717, 1.165) is 12.5 Å². The van der Waals surface area contributed by atoms with Crippen LogP contribution in [0.25, 0.3) is 0 Å². The summed E-state index contributed by atoms with van der Waals surface area (Å²) in [5.74, 6) is -2.58. The monoisotopic (exact) mass is 185 g/mol. The summed E-state index contributed by atoms with van der Waals surface area (Å²) < 4.78 is 24.9. The highest BCUT2D eigenvalue weighted by atomic mass is 19.3. The maximum Gasteiger partial charge on any atom is 0.245 e. The molecular weight excluding hydrogens is 172 g/mol. The highest BCUT2D eigenvalue weighted by molar-refractivity contribution is 5.39. The third-order valence-electron chi connectivity index (χ3n) is 1.83. The second-order valence-electron chi connectivity index (χ2n) is 3.31. The van der Waals surface area contributed by atoms with Crippen molar-refractivity contribution in [2.75, 3.05) is 5.73 Å². The van der Waals surface area contributed by atoms with Gasteiger partial charge in [0.1, 0.15) is 0 Å². The molecule has 1 aromatic rings. The van der Waals surface area contributed by atoms with Crippen LogP contribution in [0, 0.1) is 0 Å². The minimum Gasteiger partial charge on any atom is -0.399 e. The Bertz CT molecular complexity index is 261. The Balaban J connectivity index is 2.51. The van der Waals surface area contributed by atoms with E-state index in [1.54, 1.807) is 24.3 Å². The molecule has 0 fully saturated rings. The van der Waals surface area contributed by atoms with Gasteiger partial charge in [0.05, 0.1) is 0 Å². The lowest BCUT2D eigenvalue weighted by molar-refractivity contribution is 0.0133. The van der Waals surface area contributed by atoms with Crippen LogP contribution in [-0.4, -0.2) is 5.92 Å². The van der Waals surface area contributed by atoms with Gasteiger partial charge in [0.2, 0.25) is 5.92 Å². The Morgan fingerprint density at radius 1 is 1.23 bits per heavy atom. The van der Waals surface area contributed by atoms with Gasteiger partial charge < -0.3 is 5.73 Å². The zero-order valence-corrected chi connectivity index (χ0v) is 7.56. The van der Waals surface area contributed by atoms with E-state index in [1.165, 1.54) is 0 Å². The summed E-state index contributed by atoms with van der Waals surface area (Å²) in [5, 5.41) is 0. The standard InChI is InChI=1S/C10H13F2N/c1-10(11,12)7-6-8-2-4-9(13)5-3-8/h2-5H,6-7,13H2,1H3. The first-order valence-electron chi connectivity index (χ1n) is 4.20. The first kappa shape index (κ1) is 9.96. The van der Waals surface area contributed by atoms with Gasteiger partial charge in [-0.15, -0.1) is 0 Å². The van der Waals surface area contributed by atoms with Gasteiger partial charge >= 0.3 is 0 Å². The van der Waals surface area contributed by atoms with Crippen LogP contribution in [0.2, 0.25) is 0 Å². The van der Waals surface area contributed by atoms with Crippen molar-refractivity contribution in [1.29, 1.82) is 0 Å². The normalized spacial score (nSPS) is 11.6. The molecule has 0 spiro atoms. The lowest BCUT2D eigenvalue weighted by atomic mass is 10.1. The van der Waals surface area contributed by atoms with Crippen LogP contribution in [0.3, 0.4) is 0 Å². The Morgan fingerprint density at radius 2 is 1.77 bits per heavy atom. The molecule has 0 aliphatic rings. The zero-order chi connectivity index (χ0) is 9.90. The molecule has 1 nitrogen and oxygen atoms in total. The number of hydrogen-bond donors (Lipinski definition) is 1. The summed E-state index contributed by atoms with van der Waals surface area (Å²) in [5.41, 5.74) is 7.02. The van der Waals surface area contributed by atoms with E-state index in [4.69, 9.17) is 5.73 Å². The van der Waals surface area contributed by atoms with Gasteiger partial charge in [-0.05, 0) is 31.0 Å². The highest BCUT2D eigenvalue weighted by Crippen LogP contribution is 2.19. The van der Waals surface area contributed by atoms with Gasteiger partial charge in [-0.2, -0.15) is 0 Å². The van der Waals surface area contributed by atoms with Crippen molar-refractivity contribution in [2.24, 2.45) is 0 Å². The van der Waals surface area contributed by atoms with Crippen molar-refractivity contribution < 1.29 is 8.78 Å². The number of nitrogens with two attached hydrogens (primary N) is 1. The highest BCUT2D eigenvalue weighted by Gasteiger charge is 2.19. The lowest BCUT2D eigenvalue weighted by Gasteiger charge is -2.09. The second kappa shape index (κ2) is 3.73. The van der Waals surface area contributed by atoms with Crippen molar-refractivity contribution in [3.63, 3.8) is 0 Å². The van der Waals surface area contributed by atoms with Gasteiger partial charge in [-0.1, -0.05) is 12.1 Å². The van der Waals surface area contributed by atoms with Crippen LogP contribution in [0.15, 0.2) is 24.3 Å². The molecule has 13 heavy (non-hydrogen) atoms. The van der Waals surface area contributed by atoms with Crippen LogP contribution in [-0.2, 0) is 6.42 Å². The third-order valence-corrected chi connectivity index (χ3v) is 1.83.